The van der Waals surface area contributed by atoms with E-state index < -0.39 is 17.8 Å². The highest BCUT2D eigenvalue weighted by atomic mass is 19.1. The molecule has 5 rings (SSSR count). The number of aromatic nitrogens is 3. The van der Waals surface area contributed by atoms with E-state index >= 15 is 4.39 Å². The number of fused-ring (bicyclic) bond motifs is 1. The maximum Gasteiger partial charge on any atom is 0.172 e. The van der Waals surface area contributed by atoms with E-state index in [4.69, 9.17) is 9.97 Å². The first kappa shape index (κ1) is 20.0. The minimum absolute atomic E-state index is 0.193. The first-order valence-electron chi connectivity index (χ1n) is 10.7. The Bertz CT molecular complexity index is 1110. The summed E-state index contributed by atoms with van der Waals surface area (Å²) in [5, 5.41) is 3.47. The molecule has 1 aromatic carbocycles. The molecule has 0 amide bonds. The van der Waals surface area contributed by atoms with Gasteiger partial charge in [0, 0.05) is 30.4 Å². The lowest BCUT2D eigenvalue weighted by Gasteiger charge is -2.35. The van der Waals surface area contributed by atoms with Gasteiger partial charge in [-0.1, -0.05) is 0 Å². The second kappa shape index (κ2) is 7.98. The molecule has 162 valence electrons. The summed E-state index contributed by atoms with van der Waals surface area (Å²) in [6.45, 7) is 3.06. The van der Waals surface area contributed by atoms with Crippen LogP contribution in [0.1, 0.15) is 43.1 Å². The van der Waals surface area contributed by atoms with Crippen LogP contribution in [0, 0.1) is 24.5 Å². The van der Waals surface area contributed by atoms with E-state index in [1.54, 1.807) is 6.20 Å². The van der Waals surface area contributed by atoms with E-state index in [0.29, 0.717) is 37.5 Å². The average Bonchev–Trinajstić information content (AvgIpc) is 3.59. The number of nitrogens with one attached hydrogen (secondary N) is 1. The Kier molecular flexibility index (Phi) is 5.16. The molecule has 1 unspecified atom stereocenters. The number of anilines is 2. The summed E-state index contributed by atoms with van der Waals surface area (Å²) in [5.74, 6) is -0.203. The van der Waals surface area contributed by atoms with Gasteiger partial charge in [-0.05, 0) is 62.8 Å². The number of nitrogens with zero attached hydrogens (tertiary/aromatic N) is 4. The fourth-order valence-corrected chi connectivity index (χ4v) is 4.17. The third-order valence-electron chi connectivity index (χ3n) is 6.10. The quantitative estimate of drug-likeness (QED) is 0.613. The average molecular weight is 427 g/mol. The monoisotopic (exact) mass is 427 g/mol. The maximum absolute atomic E-state index is 15.0. The summed E-state index contributed by atoms with van der Waals surface area (Å²) >= 11 is 0. The Hall–Kier alpha value is -2.90. The van der Waals surface area contributed by atoms with Gasteiger partial charge in [-0.3, -0.25) is 4.98 Å². The molecule has 8 heteroatoms. The SMILES string of the molecule is Cc1cc2nc(NC3CC3)c(N3CCC(C(F)c4cc(F)ccc4F)CC3)nc2cn1. The van der Waals surface area contributed by atoms with Crippen molar-refractivity contribution in [2.75, 3.05) is 23.3 Å². The minimum Gasteiger partial charge on any atom is -0.364 e. The third-order valence-corrected chi connectivity index (χ3v) is 6.10. The molecule has 2 fully saturated rings. The Balaban J connectivity index is 1.37. The van der Waals surface area contributed by atoms with Gasteiger partial charge in [-0.15, -0.1) is 0 Å². The van der Waals surface area contributed by atoms with Crippen LogP contribution in [0.15, 0.2) is 30.5 Å². The normalized spacial score (nSPS) is 18.4. The Morgan fingerprint density at radius 1 is 1.03 bits per heavy atom. The molecule has 0 bridgehead atoms. The summed E-state index contributed by atoms with van der Waals surface area (Å²) < 4.78 is 42.5. The number of alkyl halides is 1. The molecule has 0 radical (unpaired) electrons. The maximum atomic E-state index is 15.0. The lowest BCUT2D eigenvalue weighted by atomic mass is 9.88. The summed E-state index contributed by atoms with van der Waals surface area (Å²) in [6.07, 6.45) is 3.45. The van der Waals surface area contributed by atoms with Crippen LogP contribution in [0.4, 0.5) is 24.8 Å². The minimum atomic E-state index is -1.53. The van der Waals surface area contributed by atoms with Gasteiger partial charge in [0.1, 0.15) is 23.3 Å². The van der Waals surface area contributed by atoms with Crippen molar-refractivity contribution >= 4 is 22.7 Å². The highest BCUT2D eigenvalue weighted by Gasteiger charge is 2.32. The van der Waals surface area contributed by atoms with E-state index in [-0.39, 0.29) is 11.5 Å². The Morgan fingerprint density at radius 2 is 1.81 bits per heavy atom. The van der Waals surface area contributed by atoms with Crippen molar-refractivity contribution in [3.63, 3.8) is 0 Å². The predicted molar refractivity (Wildman–Crippen MR) is 114 cm³/mol. The second-order valence-electron chi connectivity index (χ2n) is 8.52. The number of benzene rings is 1. The van der Waals surface area contributed by atoms with Crippen molar-refractivity contribution in [2.45, 2.75) is 44.8 Å². The lowest BCUT2D eigenvalue weighted by molar-refractivity contribution is 0.193. The molecule has 1 aliphatic carbocycles. The molecule has 31 heavy (non-hydrogen) atoms. The van der Waals surface area contributed by atoms with E-state index in [2.05, 4.69) is 15.2 Å². The van der Waals surface area contributed by atoms with Crippen LogP contribution < -0.4 is 10.2 Å². The van der Waals surface area contributed by atoms with Gasteiger partial charge in [0.15, 0.2) is 11.6 Å². The molecular formula is C23H24F3N5. The molecule has 5 nitrogen and oxygen atoms in total. The van der Waals surface area contributed by atoms with Gasteiger partial charge in [0.05, 0.1) is 11.7 Å². The summed E-state index contributed by atoms with van der Waals surface area (Å²) in [6, 6.07) is 5.29. The summed E-state index contributed by atoms with van der Waals surface area (Å²) in [5.41, 5.74) is 2.20. The molecule has 3 heterocycles. The molecule has 1 saturated heterocycles. The number of hydrogen-bond acceptors (Lipinski definition) is 5. The molecule has 2 aromatic heterocycles. The van der Waals surface area contributed by atoms with Crippen LogP contribution in [0.3, 0.4) is 0 Å². The van der Waals surface area contributed by atoms with Crippen molar-refractivity contribution < 1.29 is 13.2 Å². The number of pyridine rings is 1. The lowest BCUT2D eigenvalue weighted by Crippen LogP contribution is -2.36. The van der Waals surface area contributed by atoms with E-state index in [1.165, 1.54) is 0 Å². The van der Waals surface area contributed by atoms with Gasteiger partial charge >= 0.3 is 0 Å². The van der Waals surface area contributed by atoms with Gasteiger partial charge in [0.2, 0.25) is 0 Å². The van der Waals surface area contributed by atoms with Crippen LogP contribution >= 0.6 is 0 Å². The van der Waals surface area contributed by atoms with Gasteiger partial charge in [0.25, 0.3) is 0 Å². The molecule has 1 aliphatic heterocycles. The van der Waals surface area contributed by atoms with E-state index in [9.17, 15) is 8.78 Å². The van der Waals surface area contributed by atoms with Crippen molar-refractivity contribution in [3.8, 4) is 0 Å². The van der Waals surface area contributed by atoms with Gasteiger partial charge in [-0.25, -0.2) is 23.1 Å². The summed E-state index contributed by atoms with van der Waals surface area (Å²) in [7, 11) is 0. The van der Waals surface area contributed by atoms with Crippen molar-refractivity contribution in [2.24, 2.45) is 5.92 Å². The smallest absolute Gasteiger partial charge is 0.172 e. The van der Waals surface area contributed by atoms with Crippen molar-refractivity contribution in [1.29, 1.82) is 0 Å². The van der Waals surface area contributed by atoms with Crippen molar-refractivity contribution in [1.82, 2.24) is 15.0 Å². The van der Waals surface area contributed by atoms with E-state index in [0.717, 1.165) is 53.9 Å². The third kappa shape index (κ3) is 4.16. The molecule has 1 saturated carbocycles. The number of hydrogen-bond donors (Lipinski definition) is 1. The highest BCUT2D eigenvalue weighted by Crippen LogP contribution is 2.38. The zero-order valence-corrected chi connectivity index (χ0v) is 17.3. The number of halogens is 3. The second-order valence-corrected chi connectivity index (χ2v) is 8.52. The van der Waals surface area contributed by atoms with Gasteiger partial charge in [-0.2, -0.15) is 0 Å². The van der Waals surface area contributed by atoms with Crippen LogP contribution in [-0.4, -0.2) is 34.1 Å². The van der Waals surface area contributed by atoms with E-state index in [1.807, 2.05) is 13.0 Å². The Morgan fingerprint density at radius 3 is 2.55 bits per heavy atom. The number of rotatable bonds is 5. The zero-order chi connectivity index (χ0) is 21.5. The standard InChI is InChI=1S/C23H24F3N5/c1-13-10-19-20(12-27-13)30-23(22(29-19)28-16-3-4-16)31-8-6-14(7-9-31)21(26)17-11-15(24)2-5-18(17)25/h2,5,10-12,14,16,21H,3-4,6-9H2,1H3,(H,28,29). The number of piperidine rings is 1. The topological polar surface area (TPSA) is 53.9 Å². The fourth-order valence-electron chi connectivity index (χ4n) is 4.17. The largest absolute Gasteiger partial charge is 0.364 e. The zero-order valence-electron chi connectivity index (χ0n) is 17.3. The first-order chi connectivity index (χ1) is 15.0. The highest BCUT2D eigenvalue weighted by molar-refractivity contribution is 5.80. The molecule has 2 aliphatic rings. The molecule has 0 spiro atoms. The van der Waals surface area contributed by atoms with Crippen LogP contribution in [0.2, 0.25) is 0 Å². The fraction of sp³-hybridized carbons (Fsp3) is 0.435. The molecule has 1 atom stereocenters. The first-order valence-corrected chi connectivity index (χ1v) is 10.7. The molecular weight excluding hydrogens is 403 g/mol. The Labute approximate surface area is 178 Å². The molecule has 3 aromatic rings. The molecule has 1 N–H and O–H groups in total. The predicted octanol–water partition coefficient (Wildman–Crippen LogP) is 5.11. The van der Waals surface area contributed by atoms with Gasteiger partial charge < -0.3 is 10.2 Å². The number of aryl methyl sites for hydroxylation is 1. The van der Waals surface area contributed by atoms with Crippen LogP contribution in [0.5, 0.6) is 0 Å². The van der Waals surface area contributed by atoms with Crippen LogP contribution in [0.25, 0.3) is 11.0 Å². The van der Waals surface area contributed by atoms with Crippen molar-refractivity contribution in [3.05, 3.63) is 53.4 Å². The summed E-state index contributed by atoms with van der Waals surface area (Å²) in [4.78, 5) is 16.0. The van der Waals surface area contributed by atoms with Crippen LogP contribution in [-0.2, 0) is 0 Å².